The number of ether oxygens (including phenoxy) is 6. The number of alkyl carbamates (subject to hydrolysis) is 3. The average molecular weight is 677 g/mol. The zero-order valence-corrected chi connectivity index (χ0v) is 28.7. The van der Waals surface area contributed by atoms with Crippen LogP contribution in [0.3, 0.4) is 0 Å². The van der Waals surface area contributed by atoms with Crippen LogP contribution in [0.25, 0.3) is 0 Å². The molecule has 0 radical (unpaired) electrons. The zero-order chi connectivity index (χ0) is 32.7. The van der Waals surface area contributed by atoms with E-state index in [-0.39, 0.29) is 6.61 Å². The van der Waals surface area contributed by atoms with Crippen LogP contribution in [-0.2, 0) is 14.2 Å². The Morgan fingerprint density at radius 3 is 1.19 bits per heavy atom. The van der Waals surface area contributed by atoms with E-state index in [0.717, 1.165) is 4.47 Å². The fourth-order valence-corrected chi connectivity index (χ4v) is 3.59. The number of nitrogens with one attached hydrogen (secondary N) is 3. The summed E-state index contributed by atoms with van der Waals surface area (Å²) in [4.78, 5) is 35.7. The number of carbonyl (C=O) groups is 3. The van der Waals surface area contributed by atoms with E-state index < -0.39 is 35.1 Å². The van der Waals surface area contributed by atoms with Crippen LogP contribution < -0.4 is 30.2 Å². The van der Waals surface area contributed by atoms with Crippen LogP contribution in [0.5, 0.6) is 17.2 Å². The zero-order valence-electron chi connectivity index (χ0n) is 27.1. The smallest absolute Gasteiger partial charge is 0.407 e. The molecule has 1 rings (SSSR count). The number of benzene rings is 1. The fourth-order valence-electron chi connectivity index (χ4n) is 3.17. The van der Waals surface area contributed by atoms with Gasteiger partial charge < -0.3 is 44.4 Å². The molecule has 0 aliphatic heterocycles. The summed E-state index contributed by atoms with van der Waals surface area (Å²) in [6.45, 7) is 18.1. The van der Waals surface area contributed by atoms with E-state index in [0.29, 0.717) is 69.4 Å². The second-order valence-corrected chi connectivity index (χ2v) is 13.5. The third-order valence-electron chi connectivity index (χ3n) is 4.72. The third kappa shape index (κ3) is 19.7. The monoisotopic (exact) mass is 675 g/mol. The molecule has 0 heterocycles. The van der Waals surface area contributed by atoms with E-state index in [1.54, 1.807) is 74.4 Å². The minimum absolute atomic E-state index is 0.268. The number of rotatable bonds is 15. The molecule has 0 aliphatic rings. The number of halogens is 1. The maximum Gasteiger partial charge on any atom is 0.407 e. The lowest BCUT2D eigenvalue weighted by Crippen LogP contribution is -2.33. The maximum absolute atomic E-state index is 11.9. The van der Waals surface area contributed by atoms with Gasteiger partial charge in [-0.3, -0.25) is 0 Å². The highest BCUT2D eigenvalue weighted by molar-refractivity contribution is 9.10. The predicted octanol–water partition coefficient (Wildman–Crippen LogP) is 6.33. The summed E-state index contributed by atoms with van der Waals surface area (Å²) < 4.78 is 34.5. The van der Waals surface area contributed by atoms with Crippen molar-refractivity contribution in [2.45, 2.75) is 98.4 Å². The molecule has 0 spiro atoms. The van der Waals surface area contributed by atoms with Gasteiger partial charge in [0, 0.05) is 24.1 Å². The summed E-state index contributed by atoms with van der Waals surface area (Å²) >= 11 is 3.50. The normalized spacial score (nSPS) is 11.7. The van der Waals surface area contributed by atoms with Gasteiger partial charge in [-0.1, -0.05) is 15.9 Å². The van der Waals surface area contributed by atoms with Gasteiger partial charge in [-0.25, -0.2) is 14.4 Å². The van der Waals surface area contributed by atoms with E-state index in [4.69, 9.17) is 28.4 Å². The molecule has 0 bridgehead atoms. The SMILES string of the molecule is CC(C)(C)OC(=O)NCCCOc1cc(Br)cc(OCCCNC(=O)OC(C)(C)C)c1OCCCNC(=O)OC(C)(C)C. The van der Waals surface area contributed by atoms with Crippen molar-refractivity contribution in [3.05, 3.63) is 16.6 Å². The highest BCUT2D eigenvalue weighted by Crippen LogP contribution is 2.41. The standard InChI is InChI=1S/C30H50BrN3O9/c1-28(2,3)41-25(35)32-13-10-16-38-22-19-21(31)20-23(39-17-11-14-33-26(36)42-29(4,5)6)24(22)40-18-12-15-34-27(37)43-30(7,8)9/h19-20H,10-18H2,1-9H3,(H,32,35)(H,33,36)(H,34,37). The van der Waals surface area contributed by atoms with Gasteiger partial charge in [0.25, 0.3) is 0 Å². The molecule has 0 saturated heterocycles. The molecule has 43 heavy (non-hydrogen) atoms. The molecule has 0 aromatic heterocycles. The lowest BCUT2D eigenvalue weighted by Gasteiger charge is -2.20. The van der Waals surface area contributed by atoms with Crippen LogP contribution in [-0.4, -0.2) is 74.5 Å². The van der Waals surface area contributed by atoms with Gasteiger partial charge in [-0.2, -0.15) is 0 Å². The van der Waals surface area contributed by atoms with Gasteiger partial charge in [-0.05, 0) is 93.7 Å². The third-order valence-corrected chi connectivity index (χ3v) is 5.17. The van der Waals surface area contributed by atoms with Gasteiger partial charge in [-0.15, -0.1) is 0 Å². The Morgan fingerprint density at radius 2 is 0.884 bits per heavy atom. The fraction of sp³-hybridized carbons (Fsp3) is 0.700. The van der Waals surface area contributed by atoms with Crippen molar-refractivity contribution < 1.29 is 42.8 Å². The van der Waals surface area contributed by atoms with E-state index in [1.165, 1.54) is 0 Å². The lowest BCUT2D eigenvalue weighted by atomic mass is 10.2. The first-order chi connectivity index (χ1) is 19.8. The summed E-state index contributed by atoms with van der Waals surface area (Å²) in [6, 6.07) is 3.54. The van der Waals surface area contributed by atoms with Gasteiger partial charge in [0.05, 0.1) is 19.8 Å². The minimum Gasteiger partial charge on any atom is -0.489 e. The largest absolute Gasteiger partial charge is 0.489 e. The summed E-state index contributed by atoms with van der Waals surface area (Å²) in [7, 11) is 0. The predicted molar refractivity (Wildman–Crippen MR) is 167 cm³/mol. The Balaban J connectivity index is 2.77. The minimum atomic E-state index is -0.582. The molecule has 0 aliphatic carbocycles. The molecule has 13 heteroatoms. The summed E-state index contributed by atoms with van der Waals surface area (Å²) in [5.74, 6) is 1.31. The van der Waals surface area contributed by atoms with Crippen LogP contribution in [0.1, 0.15) is 81.6 Å². The van der Waals surface area contributed by atoms with Crippen molar-refractivity contribution in [1.82, 2.24) is 16.0 Å². The Morgan fingerprint density at radius 1 is 0.581 bits per heavy atom. The maximum atomic E-state index is 11.9. The second-order valence-electron chi connectivity index (χ2n) is 12.6. The van der Waals surface area contributed by atoms with Gasteiger partial charge >= 0.3 is 18.3 Å². The molecule has 0 unspecified atom stereocenters. The van der Waals surface area contributed by atoms with Gasteiger partial charge in [0.15, 0.2) is 11.5 Å². The molecule has 246 valence electrons. The number of amides is 3. The van der Waals surface area contributed by atoms with E-state index >= 15 is 0 Å². The lowest BCUT2D eigenvalue weighted by molar-refractivity contribution is 0.0512. The molecule has 0 saturated carbocycles. The van der Waals surface area contributed by atoms with Crippen LogP contribution in [0.15, 0.2) is 16.6 Å². The van der Waals surface area contributed by atoms with Crippen molar-refractivity contribution in [3.63, 3.8) is 0 Å². The van der Waals surface area contributed by atoms with Crippen LogP contribution in [0.4, 0.5) is 14.4 Å². The summed E-state index contributed by atoms with van der Waals surface area (Å²) in [5.41, 5.74) is -1.73. The number of hydrogen-bond donors (Lipinski definition) is 3. The van der Waals surface area contributed by atoms with Crippen LogP contribution in [0.2, 0.25) is 0 Å². The molecular weight excluding hydrogens is 626 g/mol. The average Bonchev–Trinajstić information content (AvgIpc) is 2.81. The first kappa shape index (κ1) is 37.9. The molecule has 12 nitrogen and oxygen atoms in total. The molecule has 3 amide bonds. The molecule has 0 atom stereocenters. The van der Waals surface area contributed by atoms with Gasteiger partial charge in [0.1, 0.15) is 16.8 Å². The highest BCUT2D eigenvalue weighted by Gasteiger charge is 2.19. The molecule has 1 aromatic carbocycles. The van der Waals surface area contributed by atoms with Gasteiger partial charge in [0.2, 0.25) is 5.75 Å². The number of carbonyl (C=O) groups excluding carboxylic acids is 3. The summed E-state index contributed by atoms with van der Waals surface area (Å²) in [5, 5.41) is 8.11. The Labute approximate surface area is 264 Å². The first-order valence-electron chi connectivity index (χ1n) is 14.5. The Bertz CT molecular complexity index is 972. The van der Waals surface area contributed by atoms with E-state index in [9.17, 15) is 14.4 Å². The summed E-state index contributed by atoms with van der Waals surface area (Å²) in [6.07, 6.45) is 0.0823. The van der Waals surface area contributed by atoms with Crippen LogP contribution >= 0.6 is 15.9 Å². The molecule has 0 fully saturated rings. The quantitative estimate of drug-likeness (QED) is 0.144. The van der Waals surface area contributed by atoms with E-state index in [1.807, 2.05) is 0 Å². The van der Waals surface area contributed by atoms with Crippen LogP contribution in [0, 0.1) is 0 Å². The van der Waals surface area contributed by atoms with Crippen molar-refractivity contribution in [3.8, 4) is 17.2 Å². The Hall–Kier alpha value is -3.09. The Kier molecular flexibility index (Phi) is 15.8. The molecule has 1 aromatic rings. The molecular formula is C30H50BrN3O9. The van der Waals surface area contributed by atoms with Crippen molar-refractivity contribution in [1.29, 1.82) is 0 Å². The first-order valence-corrected chi connectivity index (χ1v) is 15.3. The highest BCUT2D eigenvalue weighted by atomic mass is 79.9. The number of hydrogen-bond acceptors (Lipinski definition) is 9. The van der Waals surface area contributed by atoms with Crippen molar-refractivity contribution >= 4 is 34.2 Å². The molecule has 3 N–H and O–H groups in total. The second kappa shape index (κ2) is 17.9. The van der Waals surface area contributed by atoms with E-state index in [2.05, 4.69) is 31.9 Å². The topological polar surface area (TPSA) is 143 Å². The van der Waals surface area contributed by atoms with Crippen molar-refractivity contribution in [2.24, 2.45) is 0 Å². The van der Waals surface area contributed by atoms with Crippen molar-refractivity contribution in [2.75, 3.05) is 39.5 Å².